The quantitative estimate of drug-likeness (QED) is 0.926. The highest BCUT2D eigenvalue weighted by atomic mass is 35.5. The van der Waals surface area contributed by atoms with E-state index in [9.17, 15) is 4.79 Å². The van der Waals surface area contributed by atoms with Crippen LogP contribution in [-0.4, -0.2) is 36.0 Å². The number of benzene rings is 2. The standard InChI is InChI=1S/C19H22N2O2.ClH/c1-14(23-16-10-6-3-7-11-16)19(22)21-12-17(18(20)13-21)15-8-4-2-5-9-15;/h2-11,14,17-18H,12-13,20H2,1H3;1H/t14?,17-,18+;/m0./s1. The van der Waals surface area contributed by atoms with Crippen LogP contribution in [-0.2, 0) is 4.79 Å². The van der Waals surface area contributed by atoms with Gasteiger partial charge in [-0.05, 0) is 24.6 Å². The van der Waals surface area contributed by atoms with Gasteiger partial charge in [0.2, 0.25) is 0 Å². The molecule has 3 rings (SSSR count). The predicted molar refractivity (Wildman–Crippen MR) is 97.5 cm³/mol. The summed E-state index contributed by atoms with van der Waals surface area (Å²) in [5.41, 5.74) is 7.44. The highest BCUT2D eigenvalue weighted by Gasteiger charge is 2.35. The third kappa shape index (κ3) is 4.08. The van der Waals surface area contributed by atoms with E-state index < -0.39 is 6.10 Å². The van der Waals surface area contributed by atoms with Crippen molar-refractivity contribution in [3.05, 3.63) is 66.2 Å². The molecule has 1 amide bonds. The van der Waals surface area contributed by atoms with Gasteiger partial charge in [0, 0.05) is 25.0 Å². The first kappa shape index (κ1) is 18.3. The monoisotopic (exact) mass is 346 g/mol. The fraction of sp³-hybridized carbons (Fsp3) is 0.316. The van der Waals surface area contributed by atoms with E-state index in [1.165, 1.54) is 5.56 Å². The Hall–Kier alpha value is -2.04. The first-order valence-corrected chi connectivity index (χ1v) is 7.96. The third-order valence-electron chi connectivity index (χ3n) is 4.31. The van der Waals surface area contributed by atoms with Gasteiger partial charge in [-0.3, -0.25) is 4.79 Å². The van der Waals surface area contributed by atoms with Crippen molar-refractivity contribution in [1.82, 2.24) is 4.90 Å². The van der Waals surface area contributed by atoms with Gasteiger partial charge in [-0.1, -0.05) is 48.5 Å². The van der Waals surface area contributed by atoms with Crippen molar-refractivity contribution >= 4 is 18.3 Å². The number of carbonyl (C=O) groups excluding carboxylic acids is 1. The average Bonchev–Trinajstić information content (AvgIpc) is 2.97. The van der Waals surface area contributed by atoms with Crippen LogP contribution in [0.3, 0.4) is 0 Å². The summed E-state index contributed by atoms with van der Waals surface area (Å²) in [6.45, 7) is 3.00. The molecule has 2 N–H and O–H groups in total. The highest BCUT2D eigenvalue weighted by molar-refractivity contribution is 5.85. The lowest BCUT2D eigenvalue weighted by atomic mass is 9.95. The lowest BCUT2D eigenvalue weighted by Gasteiger charge is -2.21. The maximum Gasteiger partial charge on any atom is 0.263 e. The molecule has 0 aromatic heterocycles. The molecule has 1 fully saturated rings. The van der Waals surface area contributed by atoms with Gasteiger partial charge in [-0.2, -0.15) is 0 Å². The molecule has 1 heterocycles. The number of carbonyl (C=O) groups is 1. The molecule has 2 aromatic rings. The van der Waals surface area contributed by atoms with Gasteiger partial charge < -0.3 is 15.4 Å². The SMILES string of the molecule is CC(Oc1ccccc1)C(=O)N1C[C@@H](N)[C@H](c2ccccc2)C1.Cl. The minimum Gasteiger partial charge on any atom is -0.481 e. The van der Waals surface area contributed by atoms with Crippen LogP contribution in [0.25, 0.3) is 0 Å². The average molecular weight is 347 g/mol. The zero-order chi connectivity index (χ0) is 16.2. The predicted octanol–water partition coefficient (Wildman–Crippen LogP) is 2.83. The molecule has 1 aliphatic rings. The van der Waals surface area contributed by atoms with Crippen LogP contribution < -0.4 is 10.5 Å². The van der Waals surface area contributed by atoms with Gasteiger partial charge in [-0.25, -0.2) is 0 Å². The van der Waals surface area contributed by atoms with Crippen molar-refractivity contribution in [3.8, 4) is 5.75 Å². The van der Waals surface area contributed by atoms with Crippen molar-refractivity contribution in [1.29, 1.82) is 0 Å². The first-order valence-electron chi connectivity index (χ1n) is 7.96. The van der Waals surface area contributed by atoms with Gasteiger partial charge in [0.05, 0.1) is 0 Å². The Morgan fingerprint density at radius 1 is 1.08 bits per heavy atom. The largest absolute Gasteiger partial charge is 0.481 e. The molecule has 0 bridgehead atoms. The molecule has 128 valence electrons. The number of likely N-dealkylation sites (tertiary alicyclic amines) is 1. The van der Waals surface area contributed by atoms with Crippen LogP contribution >= 0.6 is 12.4 Å². The molecule has 0 radical (unpaired) electrons. The number of amides is 1. The summed E-state index contributed by atoms with van der Waals surface area (Å²) in [4.78, 5) is 14.4. The van der Waals surface area contributed by atoms with Crippen molar-refractivity contribution in [3.63, 3.8) is 0 Å². The van der Waals surface area contributed by atoms with Crippen molar-refractivity contribution in [2.24, 2.45) is 5.73 Å². The van der Waals surface area contributed by atoms with Gasteiger partial charge >= 0.3 is 0 Å². The number of nitrogens with two attached hydrogens (primary N) is 1. The fourth-order valence-corrected chi connectivity index (χ4v) is 3.07. The number of para-hydroxylation sites is 1. The summed E-state index contributed by atoms with van der Waals surface area (Å²) in [7, 11) is 0. The van der Waals surface area contributed by atoms with E-state index >= 15 is 0 Å². The maximum atomic E-state index is 12.6. The molecule has 5 heteroatoms. The molecule has 0 aliphatic carbocycles. The van der Waals surface area contributed by atoms with Gasteiger partial charge in [0.15, 0.2) is 6.10 Å². The molecular formula is C19H23ClN2O2. The molecule has 1 aliphatic heterocycles. The molecule has 1 saturated heterocycles. The van der Waals surface area contributed by atoms with Crippen LogP contribution in [0, 0.1) is 0 Å². The lowest BCUT2D eigenvalue weighted by molar-refractivity contribution is -0.136. The van der Waals surface area contributed by atoms with E-state index in [1.54, 1.807) is 6.92 Å². The number of hydrogen-bond acceptors (Lipinski definition) is 3. The van der Waals surface area contributed by atoms with Crippen LogP contribution in [0.2, 0.25) is 0 Å². The van der Waals surface area contributed by atoms with Gasteiger partial charge in [0.25, 0.3) is 5.91 Å². The van der Waals surface area contributed by atoms with Crippen molar-refractivity contribution in [2.45, 2.75) is 25.0 Å². The minimum atomic E-state index is -0.515. The second-order valence-corrected chi connectivity index (χ2v) is 6.00. The van der Waals surface area contributed by atoms with Crippen LogP contribution in [0.5, 0.6) is 5.75 Å². The molecule has 0 saturated carbocycles. The Labute approximate surface area is 149 Å². The minimum absolute atomic E-state index is 0. The Balaban J connectivity index is 0.00000208. The summed E-state index contributed by atoms with van der Waals surface area (Å²) >= 11 is 0. The third-order valence-corrected chi connectivity index (χ3v) is 4.31. The van der Waals surface area contributed by atoms with E-state index in [0.29, 0.717) is 18.8 Å². The highest BCUT2D eigenvalue weighted by Crippen LogP contribution is 2.27. The van der Waals surface area contributed by atoms with Crippen LogP contribution in [0.4, 0.5) is 0 Å². The Morgan fingerprint density at radius 2 is 1.67 bits per heavy atom. The van der Waals surface area contributed by atoms with E-state index in [1.807, 2.05) is 53.4 Å². The zero-order valence-corrected chi connectivity index (χ0v) is 14.5. The van der Waals surface area contributed by atoms with Crippen LogP contribution in [0.1, 0.15) is 18.4 Å². The topological polar surface area (TPSA) is 55.6 Å². The summed E-state index contributed by atoms with van der Waals surface area (Å²) in [6, 6.07) is 19.5. The van der Waals surface area contributed by atoms with Gasteiger partial charge in [-0.15, -0.1) is 12.4 Å². The second kappa shape index (κ2) is 8.18. The number of halogens is 1. The van der Waals surface area contributed by atoms with E-state index in [2.05, 4.69) is 12.1 Å². The molecule has 3 atom stereocenters. The van der Waals surface area contributed by atoms with Crippen molar-refractivity contribution in [2.75, 3.05) is 13.1 Å². The number of rotatable bonds is 4. The molecule has 24 heavy (non-hydrogen) atoms. The second-order valence-electron chi connectivity index (χ2n) is 6.00. The van der Waals surface area contributed by atoms with Crippen LogP contribution in [0.15, 0.2) is 60.7 Å². The van der Waals surface area contributed by atoms with E-state index in [-0.39, 0.29) is 30.3 Å². The number of ether oxygens (including phenoxy) is 1. The first-order chi connectivity index (χ1) is 11.1. The Morgan fingerprint density at radius 3 is 2.29 bits per heavy atom. The van der Waals surface area contributed by atoms with E-state index in [4.69, 9.17) is 10.5 Å². The Bertz CT molecular complexity index is 651. The smallest absolute Gasteiger partial charge is 0.263 e. The summed E-state index contributed by atoms with van der Waals surface area (Å²) in [5.74, 6) is 0.878. The summed E-state index contributed by atoms with van der Waals surface area (Å²) in [5, 5.41) is 0. The number of nitrogens with zero attached hydrogens (tertiary/aromatic N) is 1. The summed E-state index contributed by atoms with van der Waals surface area (Å²) in [6.07, 6.45) is -0.515. The fourth-order valence-electron chi connectivity index (χ4n) is 3.07. The number of hydrogen-bond donors (Lipinski definition) is 1. The molecule has 4 nitrogen and oxygen atoms in total. The lowest BCUT2D eigenvalue weighted by Crippen LogP contribution is -2.40. The molecule has 0 spiro atoms. The normalized spacial score (nSPS) is 21.0. The molecular weight excluding hydrogens is 324 g/mol. The molecule has 2 aromatic carbocycles. The molecule has 1 unspecified atom stereocenters. The van der Waals surface area contributed by atoms with Crippen molar-refractivity contribution < 1.29 is 9.53 Å². The summed E-state index contributed by atoms with van der Waals surface area (Å²) < 4.78 is 5.73. The van der Waals surface area contributed by atoms with E-state index in [0.717, 1.165) is 0 Å². The zero-order valence-electron chi connectivity index (χ0n) is 13.7. The maximum absolute atomic E-state index is 12.6. The van der Waals surface area contributed by atoms with Gasteiger partial charge in [0.1, 0.15) is 5.75 Å². The Kier molecular flexibility index (Phi) is 6.23.